The molecule has 0 aliphatic heterocycles. The van der Waals surface area contributed by atoms with E-state index in [-0.39, 0.29) is 11.8 Å². The predicted octanol–water partition coefficient (Wildman–Crippen LogP) is 3.15. The minimum atomic E-state index is -0.288. The van der Waals surface area contributed by atoms with Gasteiger partial charge in [-0.3, -0.25) is 14.8 Å². The number of carbonyl (C=O) groups excluding carboxylic acids is 1. The number of rotatable bonds is 4. The molecule has 3 rings (SSSR count). The number of aryl methyl sites for hydroxylation is 3. The monoisotopic (exact) mass is 325 g/mol. The molecule has 2 heterocycles. The molecule has 1 amide bonds. The third-order valence-electron chi connectivity index (χ3n) is 4.60. The van der Waals surface area contributed by atoms with Gasteiger partial charge in [0.25, 0.3) is 0 Å². The van der Waals surface area contributed by atoms with Gasteiger partial charge in [-0.2, -0.15) is 5.10 Å². The van der Waals surface area contributed by atoms with Gasteiger partial charge >= 0.3 is 0 Å². The van der Waals surface area contributed by atoms with Gasteiger partial charge in [-0.1, -0.05) is 12.1 Å². The highest BCUT2D eigenvalue weighted by Crippen LogP contribution is 2.25. The maximum absolute atomic E-state index is 12.8. The molecular formula is C18H23N5O. The van der Waals surface area contributed by atoms with Crippen LogP contribution in [0.4, 0.5) is 5.95 Å². The zero-order valence-electron chi connectivity index (χ0n) is 14.8. The summed E-state index contributed by atoms with van der Waals surface area (Å²) in [4.78, 5) is 17.3. The van der Waals surface area contributed by atoms with Crippen molar-refractivity contribution in [1.82, 2.24) is 19.3 Å². The van der Waals surface area contributed by atoms with E-state index in [2.05, 4.69) is 15.4 Å². The van der Waals surface area contributed by atoms with Crippen LogP contribution in [0.15, 0.2) is 24.3 Å². The quantitative estimate of drug-likeness (QED) is 0.801. The summed E-state index contributed by atoms with van der Waals surface area (Å²) < 4.78 is 3.83. The number of nitrogens with one attached hydrogen (secondary N) is 1. The predicted molar refractivity (Wildman–Crippen MR) is 95.1 cm³/mol. The minimum Gasteiger partial charge on any atom is -0.310 e. The lowest BCUT2D eigenvalue weighted by atomic mass is 9.98. The van der Waals surface area contributed by atoms with Crippen molar-refractivity contribution in [3.8, 4) is 0 Å². The van der Waals surface area contributed by atoms with Crippen molar-refractivity contribution in [3.63, 3.8) is 0 Å². The van der Waals surface area contributed by atoms with Crippen LogP contribution < -0.4 is 5.32 Å². The Morgan fingerprint density at radius 2 is 2.00 bits per heavy atom. The highest BCUT2D eigenvalue weighted by Gasteiger charge is 2.24. The number of imidazole rings is 1. The molecule has 0 radical (unpaired) electrons. The van der Waals surface area contributed by atoms with Crippen LogP contribution in [-0.2, 0) is 18.4 Å². The van der Waals surface area contributed by atoms with Gasteiger partial charge in [0, 0.05) is 24.8 Å². The van der Waals surface area contributed by atoms with Crippen molar-refractivity contribution >= 4 is 22.9 Å². The molecule has 0 bridgehead atoms. The number of benzene rings is 1. The molecule has 6 nitrogen and oxygen atoms in total. The Morgan fingerprint density at radius 3 is 2.62 bits per heavy atom. The van der Waals surface area contributed by atoms with Crippen LogP contribution >= 0.6 is 0 Å². The number of carbonyl (C=O) groups is 1. The summed E-state index contributed by atoms with van der Waals surface area (Å²) in [6.07, 6.45) is 0. The Balaban J connectivity index is 1.92. The molecule has 1 N–H and O–H groups in total. The van der Waals surface area contributed by atoms with E-state index in [9.17, 15) is 4.79 Å². The molecule has 3 aromatic rings. The van der Waals surface area contributed by atoms with Crippen molar-refractivity contribution in [2.45, 2.75) is 40.2 Å². The van der Waals surface area contributed by atoms with Crippen molar-refractivity contribution in [2.24, 2.45) is 7.05 Å². The van der Waals surface area contributed by atoms with Crippen LogP contribution in [0.1, 0.15) is 36.7 Å². The first kappa shape index (κ1) is 16.2. The average Bonchev–Trinajstić information content (AvgIpc) is 3.03. The van der Waals surface area contributed by atoms with Gasteiger partial charge in [0.05, 0.1) is 22.6 Å². The fraction of sp³-hybridized carbons (Fsp3) is 0.389. The lowest BCUT2D eigenvalue weighted by molar-refractivity contribution is -0.117. The van der Waals surface area contributed by atoms with Crippen LogP contribution in [-0.4, -0.2) is 25.2 Å². The smallest absolute Gasteiger partial charge is 0.234 e. The summed E-state index contributed by atoms with van der Waals surface area (Å²) >= 11 is 0. The second-order valence-electron chi connectivity index (χ2n) is 6.09. The first-order valence-corrected chi connectivity index (χ1v) is 8.20. The van der Waals surface area contributed by atoms with E-state index in [4.69, 9.17) is 0 Å². The summed E-state index contributed by atoms with van der Waals surface area (Å²) in [6.45, 7) is 8.62. The zero-order chi connectivity index (χ0) is 17.4. The molecule has 2 aromatic heterocycles. The summed E-state index contributed by atoms with van der Waals surface area (Å²) in [7, 11) is 1.90. The van der Waals surface area contributed by atoms with Gasteiger partial charge in [0.15, 0.2) is 0 Å². The largest absolute Gasteiger partial charge is 0.310 e. The average molecular weight is 325 g/mol. The molecular weight excluding hydrogens is 302 g/mol. The SMILES string of the molecule is CCn1c(NC(=O)C(C)c2c(C)nn(C)c2C)nc2ccccc21. The lowest BCUT2D eigenvalue weighted by Crippen LogP contribution is -2.22. The normalized spacial score (nSPS) is 12.5. The Kier molecular flexibility index (Phi) is 4.13. The highest BCUT2D eigenvalue weighted by molar-refractivity contribution is 5.96. The van der Waals surface area contributed by atoms with Gasteiger partial charge < -0.3 is 4.57 Å². The maximum Gasteiger partial charge on any atom is 0.234 e. The van der Waals surface area contributed by atoms with Crippen LogP contribution in [0.25, 0.3) is 11.0 Å². The molecule has 126 valence electrons. The molecule has 0 aliphatic carbocycles. The molecule has 0 saturated carbocycles. The third-order valence-corrected chi connectivity index (χ3v) is 4.60. The van der Waals surface area contributed by atoms with Crippen molar-refractivity contribution < 1.29 is 4.79 Å². The fourth-order valence-electron chi connectivity index (χ4n) is 3.26. The molecule has 0 fully saturated rings. The summed E-state index contributed by atoms with van der Waals surface area (Å²) in [5.74, 6) is 0.234. The number of aromatic nitrogens is 4. The van der Waals surface area contributed by atoms with Gasteiger partial charge in [-0.25, -0.2) is 4.98 Å². The minimum absolute atomic E-state index is 0.0702. The number of hydrogen-bond donors (Lipinski definition) is 1. The Labute approximate surface area is 141 Å². The Bertz CT molecular complexity index is 906. The fourth-order valence-corrected chi connectivity index (χ4v) is 3.26. The number of nitrogens with zero attached hydrogens (tertiary/aromatic N) is 4. The Morgan fingerprint density at radius 1 is 1.29 bits per heavy atom. The molecule has 0 spiro atoms. The number of hydrogen-bond acceptors (Lipinski definition) is 3. The second kappa shape index (κ2) is 6.11. The molecule has 6 heteroatoms. The van der Waals surface area contributed by atoms with Crippen molar-refractivity contribution in [3.05, 3.63) is 41.2 Å². The number of anilines is 1. The van der Waals surface area contributed by atoms with Crippen LogP contribution in [0.3, 0.4) is 0 Å². The molecule has 24 heavy (non-hydrogen) atoms. The highest BCUT2D eigenvalue weighted by atomic mass is 16.2. The first-order chi connectivity index (χ1) is 11.4. The molecule has 0 aliphatic rings. The zero-order valence-corrected chi connectivity index (χ0v) is 14.8. The summed E-state index contributed by atoms with van der Waals surface area (Å²) in [6, 6.07) is 7.90. The van der Waals surface area contributed by atoms with Crippen LogP contribution in [0, 0.1) is 13.8 Å². The molecule has 0 saturated heterocycles. The van der Waals surface area contributed by atoms with E-state index in [1.165, 1.54) is 0 Å². The lowest BCUT2D eigenvalue weighted by Gasteiger charge is -2.13. The van der Waals surface area contributed by atoms with E-state index >= 15 is 0 Å². The van der Waals surface area contributed by atoms with E-state index in [1.54, 1.807) is 0 Å². The number of fused-ring (bicyclic) bond motifs is 1. The number of amides is 1. The van der Waals surface area contributed by atoms with E-state index in [1.807, 2.05) is 68.3 Å². The van der Waals surface area contributed by atoms with Crippen LogP contribution in [0.2, 0.25) is 0 Å². The standard InChI is InChI=1S/C18H23N5O/c1-6-23-15-10-8-7-9-14(15)19-18(23)20-17(24)11(2)16-12(3)21-22(5)13(16)4/h7-11H,6H2,1-5H3,(H,19,20,24). The molecule has 1 aromatic carbocycles. The van der Waals surface area contributed by atoms with Gasteiger partial charge in [-0.15, -0.1) is 0 Å². The van der Waals surface area contributed by atoms with Gasteiger partial charge in [0.2, 0.25) is 11.9 Å². The van der Waals surface area contributed by atoms with Gasteiger partial charge in [0.1, 0.15) is 0 Å². The third kappa shape index (κ3) is 2.58. The van der Waals surface area contributed by atoms with Crippen molar-refractivity contribution in [1.29, 1.82) is 0 Å². The van der Waals surface area contributed by atoms with Gasteiger partial charge in [-0.05, 0) is 39.8 Å². The number of para-hydroxylation sites is 2. The summed E-state index contributed by atoms with van der Waals surface area (Å²) in [5, 5.41) is 7.39. The van der Waals surface area contributed by atoms with Crippen LogP contribution in [0.5, 0.6) is 0 Å². The maximum atomic E-state index is 12.8. The van der Waals surface area contributed by atoms with E-state index in [0.717, 1.165) is 34.5 Å². The second-order valence-corrected chi connectivity index (χ2v) is 6.09. The van der Waals surface area contributed by atoms with Crippen molar-refractivity contribution in [2.75, 3.05) is 5.32 Å². The summed E-state index contributed by atoms with van der Waals surface area (Å²) in [5.41, 5.74) is 4.79. The van der Waals surface area contributed by atoms with E-state index < -0.39 is 0 Å². The first-order valence-electron chi connectivity index (χ1n) is 8.20. The Hall–Kier alpha value is -2.63. The molecule has 1 unspecified atom stereocenters. The van der Waals surface area contributed by atoms with E-state index in [0.29, 0.717) is 5.95 Å². The topological polar surface area (TPSA) is 64.7 Å². The molecule has 1 atom stereocenters.